The molecule has 3 aromatic rings. The van der Waals surface area contributed by atoms with E-state index in [9.17, 15) is 19.1 Å². The average molecular weight is 524 g/mol. The summed E-state index contributed by atoms with van der Waals surface area (Å²) in [6, 6.07) is 9.12. The second-order valence-electron chi connectivity index (χ2n) is 9.81. The number of rotatable bonds is 8. The van der Waals surface area contributed by atoms with Crippen LogP contribution in [0.15, 0.2) is 36.7 Å². The summed E-state index contributed by atoms with van der Waals surface area (Å²) >= 11 is 0. The van der Waals surface area contributed by atoms with Crippen LogP contribution >= 0.6 is 0 Å². The van der Waals surface area contributed by atoms with Crippen molar-refractivity contribution in [2.45, 2.75) is 32.0 Å². The Hall–Kier alpha value is -4.24. The number of carbonyl (C=O) groups is 2. The number of nitrogens with one attached hydrogen (secondary N) is 2. The number of halogens is 1. The molecule has 38 heavy (non-hydrogen) atoms. The third kappa shape index (κ3) is 5.84. The van der Waals surface area contributed by atoms with Gasteiger partial charge in [-0.1, -0.05) is 0 Å². The van der Waals surface area contributed by atoms with E-state index < -0.39 is 17.7 Å². The lowest BCUT2D eigenvalue weighted by Crippen LogP contribution is -2.42. The van der Waals surface area contributed by atoms with E-state index in [-0.39, 0.29) is 24.1 Å². The van der Waals surface area contributed by atoms with Crippen LogP contribution in [0.3, 0.4) is 0 Å². The highest BCUT2D eigenvalue weighted by atomic mass is 19.1. The van der Waals surface area contributed by atoms with Crippen molar-refractivity contribution in [3.63, 3.8) is 0 Å². The van der Waals surface area contributed by atoms with Gasteiger partial charge in [0.15, 0.2) is 0 Å². The van der Waals surface area contributed by atoms with Crippen LogP contribution in [0, 0.1) is 17.2 Å². The third-order valence-electron chi connectivity index (χ3n) is 6.55. The van der Waals surface area contributed by atoms with E-state index in [1.54, 1.807) is 21.5 Å². The van der Waals surface area contributed by atoms with Crippen LogP contribution in [0.4, 0.5) is 14.9 Å². The van der Waals surface area contributed by atoms with Gasteiger partial charge in [-0.2, -0.15) is 10.4 Å². The van der Waals surface area contributed by atoms with Crippen molar-refractivity contribution in [1.82, 2.24) is 24.8 Å². The Morgan fingerprint density at radius 1 is 1.34 bits per heavy atom. The number of alkyl halides is 1. The number of carbonyl (C=O) groups excluding carboxylic acids is 2. The molecule has 3 N–H and O–H groups in total. The number of hydrogen-bond donors (Lipinski definition) is 3. The van der Waals surface area contributed by atoms with Crippen LogP contribution in [-0.4, -0.2) is 81.7 Å². The molecule has 0 saturated carbocycles. The number of aliphatic hydroxyl groups is 1. The van der Waals surface area contributed by atoms with Gasteiger partial charge in [0.05, 0.1) is 59.2 Å². The summed E-state index contributed by atoms with van der Waals surface area (Å²) in [7, 11) is 1.35. The molecule has 2 atom stereocenters. The van der Waals surface area contributed by atoms with E-state index in [4.69, 9.17) is 10.00 Å². The number of methoxy groups -OCH3 is 1. The number of ether oxygens (including phenoxy) is 1. The highest BCUT2D eigenvalue weighted by molar-refractivity contribution is 6.00. The Kier molecular flexibility index (Phi) is 7.78. The minimum atomic E-state index is -1.66. The van der Waals surface area contributed by atoms with Gasteiger partial charge in [-0.25, -0.2) is 13.7 Å². The SMILES string of the molecule is COC(=O)N1CC[C@H](CNc2cc(-c3ccc4cc(C#N)cnn34)ncc2C(=O)NC[C@@H](F)C(C)(C)O)C1. The van der Waals surface area contributed by atoms with Gasteiger partial charge in [0.2, 0.25) is 0 Å². The van der Waals surface area contributed by atoms with Gasteiger partial charge < -0.3 is 25.4 Å². The van der Waals surface area contributed by atoms with Gasteiger partial charge in [0, 0.05) is 25.8 Å². The first-order chi connectivity index (χ1) is 18.1. The fourth-order valence-electron chi connectivity index (χ4n) is 4.25. The molecule has 0 radical (unpaired) electrons. The van der Waals surface area contributed by atoms with Crippen LogP contribution < -0.4 is 10.6 Å². The number of hydrogen-bond acceptors (Lipinski definition) is 8. The lowest BCUT2D eigenvalue weighted by molar-refractivity contribution is -0.00177. The molecule has 11 nitrogen and oxygen atoms in total. The first-order valence-corrected chi connectivity index (χ1v) is 12.2. The van der Waals surface area contributed by atoms with Gasteiger partial charge in [-0.05, 0) is 50.5 Å². The van der Waals surface area contributed by atoms with Crippen LogP contribution in [0.1, 0.15) is 36.2 Å². The normalized spacial score (nSPS) is 16.2. The maximum Gasteiger partial charge on any atom is 0.409 e. The number of nitriles is 1. The number of pyridine rings is 1. The Morgan fingerprint density at radius 3 is 2.84 bits per heavy atom. The Bertz CT molecular complexity index is 1380. The molecular formula is C26H30FN7O4. The van der Waals surface area contributed by atoms with Gasteiger partial charge in [0.1, 0.15) is 12.2 Å². The van der Waals surface area contributed by atoms with E-state index in [0.29, 0.717) is 47.8 Å². The second-order valence-corrected chi connectivity index (χ2v) is 9.81. The third-order valence-corrected chi connectivity index (χ3v) is 6.55. The molecule has 4 heterocycles. The summed E-state index contributed by atoms with van der Waals surface area (Å²) in [6.07, 6.45) is 1.60. The molecule has 2 amide bonds. The fraction of sp³-hybridized carbons (Fsp3) is 0.423. The van der Waals surface area contributed by atoms with Crippen molar-refractivity contribution in [2.24, 2.45) is 5.92 Å². The van der Waals surface area contributed by atoms with Crippen molar-refractivity contribution in [3.8, 4) is 17.5 Å². The summed E-state index contributed by atoms with van der Waals surface area (Å²) in [5.74, 6) is -0.412. The molecule has 3 aromatic heterocycles. The van der Waals surface area contributed by atoms with E-state index in [1.807, 2.05) is 12.1 Å². The smallest absolute Gasteiger partial charge is 0.409 e. The zero-order chi connectivity index (χ0) is 27.4. The van der Waals surface area contributed by atoms with Crippen LogP contribution in [-0.2, 0) is 4.74 Å². The maximum absolute atomic E-state index is 14.3. The minimum Gasteiger partial charge on any atom is -0.453 e. The number of amides is 2. The molecule has 200 valence electrons. The zero-order valence-corrected chi connectivity index (χ0v) is 21.4. The van der Waals surface area contributed by atoms with Gasteiger partial charge in [0.25, 0.3) is 5.91 Å². The largest absolute Gasteiger partial charge is 0.453 e. The monoisotopic (exact) mass is 523 g/mol. The van der Waals surface area contributed by atoms with Gasteiger partial charge in [-0.15, -0.1) is 0 Å². The Labute approximate surface area is 219 Å². The number of nitrogens with zero attached hydrogens (tertiary/aromatic N) is 5. The number of likely N-dealkylation sites (tertiary alicyclic amines) is 1. The number of aromatic nitrogens is 3. The van der Waals surface area contributed by atoms with Crippen molar-refractivity contribution in [1.29, 1.82) is 5.26 Å². The standard InChI is InChI=1S/C26H30FN7O4/c1-26(2,37)23(27)14-31-24(35)19-13-30-21(22-5-4-18-8-17(10-28)12-32-34(18)22)9-20(19)29-11-16-6-7-33(15-16)25(36)38-3/h4-5,8-9,12-13,16,23,37H,6-7,11,14-15H2,1-3H3,(H,29,30)(H,31,35)/t16-,23-/m1/s1. The van der Waals surface area contributed by atoms with Crippen molar-refractivity contribution in [3.05, 3.63) is 47.8 Å². The molecule has 0 aromatic carbocycles. The first-order valence-electron chi connectivity index (χ1n) is 12.2. The molecule has 4 rings (SSSR count). The summed E-state index contributed by atoms with van der Waals surface area (Å²) in [5, 5.41) is 29.2. The number of anilines is 1. The molecule has 12 heteroatoms. The predicted octanol–water partition coefficient (Wildman–Crippen LogP) is 2.61. The molecule has 1 aliphatic rings. The van der Waals surface area contributed by atoms with E-state index in [2.05, 4.69) is 26.8 Å². The summed E-state index contributed by atoms with van der Waals surface area (Å²) in [4.78, 5) is 30.9. The molecule has 0 spiro atoms. The fourth-order valence-corrected chi connectivity index (χ4v) is 4.25. The van der Waals surface area contributed by atoms with Crippen molar-refractivity contribution >= 4 is 23.2 Å². The van der Waals surface area contributed by atoms with Crippen LogP contribution in [0.5, 0.6) is 0 Å². The Balaban J connectivity index is 1.60. The summed E-state index contributed by atoms with van der Waals surface area (Å²) in [5.41, 5.74) is 1.42. The van der Waals surface area contributed by atoms with Crippen LogP contribution in [0.2, 0.25) is 0 Å². The maximum atomic E-state index is 14.3. The van der Waals surface area contributed by atoms with Crippen molar-refractivity contribution in [2.75, 3.05) is 38.6 Å². The second kappa shape index (κ2) is 11.0. The predicted molar refractivity (Wildman–Crippen MR) is 137 cm³/mol. The quantitative estimate of drug-likeness (QED) is 0.409. The van der Waals surface area contributed by atoms with Crippen molar-refractivity contribution < 1.29 is 23.8 Å². The topological polar surface area (TPSA) is 145 Å². The molecule has 1 aliphatic heterocycles. The lowest BCUT2D eigenvalue weighted by atomic mass is 10.0. The summed E-state index contributed by atoms with van der Waals surface area (Å²) in [6.45, 7) is 3.88. The van der Waals surface area contributed by atoms with Crippen LogP contribution in [0.25, 0.3) is 16.9 Å². The minimum absolute atomic E-state index is 0.132. The molecular weight excluding hydrogens is 493 g/mol. The number of fused-ring (bicyclic) bond motifs is 1. The van der Waals surface area contributed by atoms with E-state index >= 15 is 0 Å². The van der Waals surface area contributed by atoms with E-state index in [1.165, 1.54) is 33.4 Å². The first kappa shape index (κ1) is 26.8. The molecule has 0 unspecified atom stereocenters. The highest BCUT2D eigenvalue weighted by Gasteiger charge is 2.29. The van der Waals surface area contributed by atoms with Gasteiger partial charge in [-0.3, -0.25) is 9.78 Å². The lowest BCUT2D eigenvalue weighted by Gasteiger charge is -2.23. The zero-order valence-electron chi connectivity index (χ0n) is 21.4. The van der Waals surface area contributed by atoms with Gasteiger partial charge >= 0.3 is 6.09 Å². The summed E-state index contributed by atoms with van der Waals surface area (Å²) < 4.78 is 20.7. The molecule has 1 saturated heterocycles. The highest BCUT2D eigenvalue weighted by Crippen LogP contribution is 2.27. The average Bonchev–Trinajstić information content (AvgIpc) is 3.56. The molecule has 0 aliphatic carbocycles. The molecule has 1 fully saturated rings. The van der Waals surface area contributed by atoms with E-state index in [0.717, 1.165) is 6.42 Å². The Morgan fingerprint density at radius 2 is 2.13 bits per heavy atom. The molecule has 0 bridgehead atoms.